The van der Waals surface area contributed by atoms with Gasteiger partial charge in [-0.25, -0.2) is 9.78 Å². The second-order valence-corrected chi connectivity index (χ2v) is 5.10. The van der Waals surface area contributed by atoms with Crippen LogP contribution in [0.2, 0.25) is 0 Å². The van der Waals surface area contributed by atoms with Gasteiger partial charge in [0, 0.05) is 16.2 Å². The highest BCUT2D eigenvalue weighted by Crippen LogP contribution is 2.25. The molecule has 0 aliphatic carbocycles. The van der Waals surface area contributed by atoms with Crippen molar-refractivity contribution in [1.29, 1.82) is 0 Å². The number of hydrogen-bond acceptors (Lipinski definition) is 5. The Bertz CT molecular complexity index is 733. The summed E-state index contributed by atoms with van der Waals surface area (Å²) in [4.78, 5) is 25.0. The molecular formula is C13H10BrN3O4. The first kappa shape index (κ1) is 14.9. The number of nitrogens with zero attached hydrogens (tertiary/aromatic N) is 2. The van der Waals surface area contributed by atoms with Crippen LogP contribution in [0.15, 0.2) is 34.9 Å². The van der Waals surface area contributed by atoms with E-state index in [0.29, 0.717) is 5.69 Å². The third kappa shape index (κ3) is 3.34. The van der Waals surface area contributed by atoms with E-state index in [1.807, 2.05) is 13.0 Å². The van der Waals surface area contributed by atoms with E-state index in [1.165, 1.54) is 0 Å². The fourth-order valence-corrected chi connectivity index (χ4v) is 1.92. The Morgan fingerprint density at radius 2 is 2.14 bits per heavy atom. The number of nitro groups is 1. The minimum atomic E-state index is -1.29. The van der Waals surface area contributed by atoms with Crippen LogP contribution < -0.4 is 5.32 Å². The maximum Gasteiger partial charge on any atom is 0.339 e. The number of anilines is 2. The highest BCUT2D eigenvalue weighted by Gasteiger charge is 2.17. The molecule has 0 saturated carbocycles. The maximum atomic E-state index is 11.2. The first-order valence-electron chi connectivity index (χ1n) is 5.79. The summed E-state index contributed by atoms with van der Waals surface area (Å²) in [5.41, 5.74) is 0.966. The summed E-state index contributed by atoms with van der Waals surface area (Å²) in [6.07, 6.45) is 1.01. The van der Waals surface area contributed by atoms with Crippen molar-refractivity contribution in [3.05, 3.63) is 56.2 Å². The van der Waals surface area contributed by atoms with Gasteiger partial charge in [-0.3, -0.25) is 10.1 Å². The van der Waals surface area contributed by atoms with Crippen LogP contribution in [-0.2, 0) is 0 Å². The largest absolute Gasteiger partial charge is 0.478 e. The second kappa shape index (κ2) is 5.88. The van der Waals surface area contributed by atoms with Gasteiger partial charge in [0.25, 0.3) is 5.69 Å². The molecule has 1 aromatic heterocycles. The van der Waals surface area contributed by atoms with Crippen molar-refractivity contribution in [3.63, 3.8) is 0 Å². The van der Waals surface area contributed by atoms with E-state index in [2.05, 4.69) is 26.2 Å². The lowest BCUT2D eigenvalue weighted by Crippen LogP contribution is -2.06. The Morgan fingerprint density at radius 1 is 1.43 bits per heavy atom. The molecule has 108 valence electrons. The van der Waals surface area contributed by atoms with Gasteiger partial charge < -0.3 is 10.4 Å². The number of carboxylic acid groups (broad SMARTS) is 1. The Morgan fingerprint density at radius 3 is 2.71 bits per heavy atom. The van der Waals surface area contributed by atoms with E-state index in [-0.39, 0.29) is 17.1 Å². The van der Waals surface area contributed by atoms with E-state index < -0.39 is 10.9 Å². The van der Waals surface area contributed by atoms with Crippen molar-refractivity contribution in [2.24, 2.45) is 0 Å². The van der Waals surface area contributed by atoms with Crippen molar-refractivity contribution in [2.75, 3.05) is 5.32 Å². The Labute approximate surface area is 127 Å². The topological polar surface area (TPSA) is 105 Å². The van der Waals surface area contributed by atoms with Crippen molar-refractivity contribution >= 4 is 39.1 Å². The Hall–Kier alpha value is -2.48. The molecule has 7 nitrogen and oxygen atoms in total. The molecule has 0 atom stereocenters. The Balaban J connectivity index is 2.41. The molecule has 0 fully saturated rings. The SMILES string of the molecule is Cc1cc(Nc2ncc([N+](=O)[O-])cc2C(=O)O)ccc1Br. The summed E-state index contributed by atoms with van der Waals surface area (Å²) in [5.74, 6) is -1.24. The summed E-state index contributed by atoms with van der Waals surface area (Å²) < 4.78 is 0.920. The molecule has 2 N–H and O–H groups in total. The summed E-state index contributed by atoms with van der Waals surface area (Å²) in [5, 5.41) is 22.7. The second-order valence-electron chi connectivity index (χ2n) is 4.24. The van der Waals surface area contributed by atoms with Crippen molar-refractivity contribution < 1.29 is 14.8 Å². The molecule has 0 aliphatic heterocycles. The van der Waals surface area contributed by atoms with Gasteiger partial charge in [0.05, 0.1) is 4.92 Å². The lowest BCUT2D eigenvalue weighted by Gasteiger charge is -2.09. The number of hydrogen-bond donors (Lipinski definition) is 2. The molecule has 0 bridgehead atoms. The minimum absolute atomic E-state index is 0.0508. The molecule has 8 heteroatoms. The molecule has 0 amide bonds. The van der Waals surface area contributed by atoms with Crippen LogP contribution in [-0.4, -0.2) is 21.0 Å². The zero-order valence-corrected chi connectivity index (χ0v) is 12.4. The van der Waals surface area contributed by atoms with Crippen molar-refractivity contribution in [2.45, 2.75) is 6.92 Å². The fourth-order valence-electron chi connectivity index (χ4n) is 1.68. The lowest BCUT2D eigenvalue weighted by atomic mass is 10.2. The summed E-state index contributed by atoms with van der Waals surface area (Å²) in [6, 6.07) is 6.33. The van der Waals surface area contributed by atoms with Crippen LogP contribution in [0.1, 0.15) is 15.9 Å². The number of aryl methyl sites for hydroxylation is 1. The monoisotopic (exact) mass is 351 g/mol. The average molecular weight is 352 g/mol. The van der Waals surface area contributed by atoms with Crippen LogP contribution in [0.3, 0.4) is 0 Å². The molecule has 1 heterocycles. The van der Waals surface area contributed by atoms with Crippen LogP contribution in [0, 0.1) is 17.0 Å². The quantitative estimate of drug-likeness (QED) is 0.644. The molecule has 0 radical (unpaired) electrons. The number of halogens is 1. The number of aromatic carboxylic acids is 1. The van der Waals surface area contributed by atoms with E-state index >= 15 is 0 Å². The van der Waals surface area contributed by atoms with Gasteiger partial charge in [-0.15, -0.1) is 0 Å². The zero-order chi connectivity index (χ0) is 15.6. The summed E-state index contributed by atoms with van der Waals surface area (Å²) in [7, 11) is 0. The van der Waals surface area contributed by atoms with Crippen LogP contribution in [0.4, 0.5) is 17.2 Å². The molecule has 2 aromatic rings. The predicted molar refractivity (Wildman–Crippen MR) is 80.0 cm³/mol. The smallest absolute Gasteiger partial charge is 0.339 e. The third-order valence-corrected chi connectivity index (χ3v) is 3.62. The standard InChI is InChI=1S/C13H10BrN3O4/c1-7-4-8(2-3-11(7)14)16-12-10(13(18)19)5-9(6-15-12)17(20)21/h2-6H,1H3,(H,15,16)(H,18,19). The van der Waals surface area contributed by atoms with Crippen LogP contribution in [0.5, 0.6) is 0 Å². The van der Waals surface area contributed by atoms with E-state index in [0.717, 1.165) is 22.3 Å². The summed E-state index contributed by atoms with van der Waals surface area (Å²) >= 11 is 3.37. The van der Waals surface area contributed by atoms with Gasteiger partial charge in [0.1, 0.15) is 17.6 Å². The van der Waals surface area contributed by atoms with E-state index in [1.54, 1.807) is 12.1 Å². The van der Waals surface area contributed by atoms with Crippen molar-refractivity contribution in [3.8, 4) is 0 Å². The molecule has 0 spiro atoms. The molecule has 2 rings (SSSR count). The van der Waals surface area contributed by atoms with Gasteiger partial charge in [0.2, 0.25) is 0 Å². The number of benzene rings is 1. The zero-order valence-electron chi connectivity index (χ0n) is 10.8. The van der Waals surface area contributed by atoms with Gasteiger partial charge in [-0.2, -0.15) is 0 Å². The number of rotatable bonds is 4. The van der Waals surface area contributed by atoms with Gasteiger partial charge in [-0.1, -0.05) is 15.9 Å². The molecule has 0 unspecified atom stereocenters. The summed E-state index contributed by atoms with van der Waals surface area (Å²) in [6.45, 7) is 1.89. The Kier molecular flexibility index (Phi) is 4.18. The minimum Gasteiger partial charge on any atom is -0.478 e. The molecule has 21 heavy (non-hydrogen) atoms. The maximum absolute atomic E-state index is 11.2. The van der Waals surface area contributed by atoms with Gasteiger partial charge in [-0.05, 0) is 30.7 Å². The first-order chi connectivity index (χ1) is 9.88. The predicted octanol–water partition coefficient (Wildman–Crippen LogP) is 3.50. The third-order valence-electron chi connectivity index (χ3n) is 2.74. The number of aromatic nitrogens is 1. The molecule has 1 aromatic carbocycles. The molecular weight excluding hydrogens is 342 g/mol. The molecule has 0 saturated heterocycles. The van der Waals surface area contributed by atoms with E-state index in [9.17, 15) is 14.9 Å². The highest BCUT2D eigenvalue weighted by atomic mass is 79.9. The number of nitrogens with one attached hydrogen (secondary N) is 1. The van der Waals surface area contributed by atoms with Crippen LogP contribution >= 0.6 is 15.9 Å². The van der Waals surface area contributed by atoms with E-state index in [4.69, 9.17) is 5.11 Å². The van der Waals surface area contributed by atoms with Gasteiger partial charge in [0.15, 0.2) is 0 Å². The normalized spacial score (nSPS) is 10.2. The highest BCUT2D eigenvalue weighted by molar-refractivity contribution is 9.10. The number of pyridine rings is 1. The molecule has 0 aliphatic rings. The first-order valence-corrected chi connectivity index (χ1v) is 6.58. The van der Waals surface area contributed by atoms with Crippen LogP contribution in [0.25, 0.3) is 0 Å². The fraction of sp³-hybridized carbons (Fsp3) is 0.0769. The lowest BCUT2D eigenvalue weighted by molar-refractivity contribution is -0.385. The van der Waals surface area contributed by atoms with Gasteiger partial charge >= 0.3 is 5.97 Å². The number of carboxylic acids is 1. The van der Waals surface area contributed by atoms with Crippen molar-refractivity contribution in [1.82, 2.24) is 4.98 Å². The average Bonchev–Trinajstić information content (AvgIpc) is 2.43. The number of carbonyl (C=O) groups is 1.